The average molecular weight is 619 g/mol. The van der Waals surface area contributed by atoms with Gasteiger partial charge in [0.25, 0.3) is 0 Å². The van der Waals surface area contributed by atoms with Crippen LogP contribution in [-0.2, 0) is 4.74 Å². The van der Waals surface area contributed by atoms with Crippen molar-refractivity contribution in [2.75, 3.05) is 52.8 Å². The molecule has 0 saturated carbocycles. The van der Waals surface area contributed by atoms with Crippen LogP contribution in [0.25, 0.3) is 0 Å². The van der Waals surface area contributed by atoms with Gasteiger partial charge in [-0.05, 0) is 82.6 Å². The van der Waals surface area contributed by atoms with Crippen molar-refractivity contribution in [2.24, 2.45) is 0 Å². The second-order valence-corrected chi connectivity index (χ2v) is 12.5. The van der Waals surface area contributed by atoms with Crippen molar-refractivity contribution in [1.29, 1.82) is 0 Å². The lowest BCUT2D eigenvalue weighted by atomic mass is 10.0. The number of hydrogen-bond donors (Lipinski definition) is 0. The van der Waals surface area contributed by atoms with E-state index in [-0.39, 0.29) is 6.10 Å². The zero-order valence-electron chi connectivity index (χ0n) is 24.1. The Balaban J connectivity index is 0.000000185. The summed E-state index contributed by atoms with van der Waals surface area (Å²) in [6, 6.07) is 36.5. The Bertz CT molecular complexity index is 1290. The molecule has 40 heavy (non-hydrogen) atoms. The first-order valence-electron chi connectivity index (χ1n) is 13.7. The number of nitrogens with zero attached hydrogens (tertiary/aromatic N) is 3. The van der Waals surface area contributed by atoms with E-state index in [1.54, 1.807) is 0 Å². The maximum Gasteiger partial charge on any atom is 0.108 e. The van der Waals surface area contributed by atoms with Gasteiger partial charge in [0.05, 0.1) is 18.0 Å². The third-order valence-electron chi connectivity index (χ3n) is 6.96. The minimum absolute atomic E-state index is 0.00995. The highest BCUT2D eigenvalue weighted by Crippen LogP contribution is 2.47. The number of ether oxygens (including phenoxy) is 1. The van der Waals surface area contributed by atoms with Crippen LogP contribution in [0.2, 0.25) is 0 Å². The SMILES string of the molecule is CC(CN1c2ccccc2Sc2ccccc21)N(C)C.CN(C)CCOC(c1ccccc1)c1ccc(Br)cc1. The highest BCUT2D eigenvalue weighted by atomic mass is 79.9. The Kier molecular flexibility index (Phi) is 11.3. The monoisotopic (exact) mass is 617 g/mol. The molecule has 0 amide bonds. The molecule has 0 spiro atoms. The van der Waals surface area contributed by atoms with Gasteiger partial charge >= 0.3 is 0 Å². The van der Waals surface area contributed by atoms with Crippen molar-refractivity contribution >= 4 is 39.1 Å². The summed E-state index contributed by atoms with van der Waals surface area (Å²) in [4.78, 5) is 9.54. The lowest BCUT2D eigenvalue weighted by molar-refractivity contribution is 0.0687. The van der Waals surface area contributed by atoms with E-state index in [1.807, 2.05) is 17.8 Å². The van der Waals surface area contributed by atoms with Crippen LogP contribution in [0.3, 0.4) is 0 Å². The van der Waals surface area contributed by atoms with E-state index in [4.69, 9.17) is 4.74 Å². The molecular formula is C34H40BrN3OS. The van der Waals surface area contributed by atoms with Gasteiger partial charge in [-0.15, -0.1) is 0 Å². The van der Waals surface area contributed by atoms with Crippen molar-refractivity contribution in [3.8, 4) is 0 Å². The maximum atomic E-state index is 6.11. The molecule has 0 aliphatic carbocycles. The van der Waals surface area contributed by atoms with Gasteiger partial charge in [0.1, 0.15) is 6.10 Å². The second kappa shape index (κ2) is 14.9. The van der Waals surface area contributed by atoms with E-state index in [0.29, 0.717) is 12.6 Å². The summed E-state index contributed by atoms with van der Waals surface area (Å²) >= 11 is 5.34. The molecule has 4 aromatic carbocycles. The quantitative estimate of drug-likeness (QED) is 0.187. The summed E-state index contributed by atoms with van der Waals surface area (Å²) in [5.74, 6) is 0. The topological polar surface area (TPSA) is 19.0 Å². The molecule has 1 heterocycles. The molecule has 1 aliphatic rings. The molecule has 0 saturated heterocycles. The third kappa shape index (κ3) is 8.21. The lowest BCUT2D eigenvalue weighted by Crippen LogP contribution is -2.37. The first-order chi connectivity index (χ1) is 19.3. The minimum atomic E-state index is -0.00995. The van der Waals surface area contributed by atoms with E-state index in [9.17, 15) is 0 Å². The van der Waals surface area contributed by atoms with Gasteiger partial charge in [-0.25, -0.2) is 0 Å². The fourth-order valence-electron chi connectivity index (χ4n) is 4.41. The van der Waals surface area contributed by atoms with E-state index < -0.39 is 0 Å². The van der Waals surface area contributed by atoms with Gasteiger partial charge in [0, 0.05) is 33.4 Å². The number of rotatable bonds is 9. The third-order valence-corrected chi connectivity index (χ3v) is 8.62. The molecule has 2 unspecified atom stereocenters. The van der Waals surface area contributed by atoms with E-state index in [1.165, 1.54) is 32.3 Å². The van der Waals surface area contributed by atoms with Crippen molar-refractivity contribution < 1.29 is 4.74 Å². The van der Waals surface area contributed by atoms with Gasteiger partial charge in [-0.2, -0.15) is 0 Å². The number of fused-ring (bicyclic) bond motifs is 2. The smallest absolute Gasteiger partial charge is 0.108 e. The van der Waals surface area contributed by atoms with Crippen LogP contribution in [0.1, 0.15) is 24.2 Å². The van der Waals surface area contributed by atoms with Crippen molar-refractivity contribution in [3.63, 3.8) is 0 Å². The summed E-state index contributed by atoms with van der Waals surface area (Å²) in [5, 5.41) is 0. The van der Waals surface area contributed by atoms with Crippen LogP contribution in [0.15, 0.2) is 117 Å². The Hall–Kier alpha value is -2.61. The normalized spacial score (nSPS) is 13.8. The molecule has 0 aromatic heterocycles. The highest BCUT2D eigenvalue weighted by molar-refractivity contribution is 9.10. The van der Waals surface area contributed by atoms with E-state index in [2.05, 4.69) is 163 Å². The van der Waals surface area contributed by atoms with Crippen molar-refractivity contribution in [3.05, 3.63) is 119 Å². The van der Waals surface area contributed by atoms with E-state index in [0.717, 1.165) is 17.6 Å². The molecule has 0 bridgehead atoms. The van der Waals surface area contributed by atoms with E-state index >= 15 is 0 Å². The Morgan fingerprint density at radius 1 is 0.725 bits per heavy atom. The van der Waals surface area contributed by atoms with Crippen LogP contribution < -0.4 is 4.90 Å². The Morgan fingerprint density at radius 3 is 1.80 bits per heavy atom. The van der Waals surface area contributed by atoms with Gasteiger partial charge in [-0.3, -0.25) is 0 Å². The number of para-hydroxylation sites is 2. The van der Waals surface area contributed by atoms with Crippen LogP contribution in [-0.4, -0.2) is 63.7 Å². The predicted molar refractivity (Wildman–Crippen MR) is 174 cm³/mol. The number of halogens is 1. The predicted octanol–water partition coefficient (Wildman–Crippen LogP) is 8.36. The number of likely N-dealkylation sites (N-methyl/N-ethyl adjacent to an activating group) is 2. The fraction of sp³-hybridized carbons (Fsp3) is 0.294. The molecule has 1 aliphatic heterocycles. The molecule has 0 radical (unpaired) electrons. The number of hydrogen-bond acceptors (Lipinski definition) is 5. The van der Waals surface area contributed by atoms with Crippen LogP contribution in [0.5, 0.6) is 0 Å². The zero-order chi connectivity index (χ0) is 28.5. The minimum Gasteiger partial charge on any atom is -0.367 e. The van der Waals surface area contributed by atoms with Gasteiger partial charge in [0.15, 0.2) is 0 Å². The first kappa shape index (κ1) is 30.4. The fourth-order valence-corrected chi connectivity index (χ4v) is 5.77. The average Bonchev–Trinajstić information content (AvgIpc) is 2.96. The van der Waals surface area contributed by atoms with Crippen molar-refractivity contribution in [1.82, 2.24) is 9.80 Å². The molecule has 4 nitrogen and oxygen atoms in total. The molecule has 210 valence electrons. The van der Waals surface area contributed by atoms with Crippen LogP contribution in [0, 0.1) is 0 Å². The first-order valence-corrected chi connectivity index (χ1v) is 15.3. The summed E-state index contributed by atoms with van der Waals surface area (Å²) in [6.45, 7) is 4.90. The molecule has 5 rings (SSSR count). The Labute approximate surface area is 253 Å². The molecule has 6 heteroatoms. The molecule has 4 aromatic rings. The largest absolute Gasteiger partial charge is 0.367 e. The molecule has 0 N–H and O–H groups in total. The molecule has 2 atom stereocenters. The highest BCUT2D eigenvalue weighted by Gasteiger charge is 2.24. The standard InChI is InChI=1S/C17H20BrNO.C17H20N2S/c1-19(2)12-13-20-17(14-6-4-3-5-7-14)15-8-10-16(18)11-9-15;1-13(18(2)3)12-19-14-8-4-6-10-16(14)20-17-11-7-5-9-15(17)19/h3-11,17H,12-13H2,1-2H3;4-11,13H,12H2,1-3H3. The Morgan fingerprint density at radius 2 is 1.25 bits per heavy atom. The molecule has 0 fully saturated rings. The second-order valence-electron chi connectivity index (χ2n) is 10.5. The van der Waals surface area contributed by atoms with Gasteiger partial charge in [-0.1, -0.05) is 94.4 Å². The summed E-state index contributed by atoms with van der Waals surface area (Å²) < 4.78 is 7.19. The maximum absolute atomic E-state index is 6.11. The number of anilines is 2. The number of benzene rings is 4. The lowest BCUT2D eigenvalue weighted by Gasteiger charge is -2.36. The molecular weight excluding hydrogens is 578 g/mol. The van der Waals surface area contributed by atoms with Crippen molar-refractivity contribution in [2.45, 2.75) is 28.9 Å². The van der Waals surface area contributed by atoms with Crippen LogP contribution >= 0.6 is 27.7 Å². The van der Waals surface area contributed by atoms with Gasteiger partial charge in [0.2, 0.25) is 0 Å². The summed E-state index contributed by atoms with van der Waals surface area (Å²) in [6.07, 6.45) is -0.00995. The summed E-state index contributed by atoms with van der Waals surface area (Å²) in [5.41, 5.74) is 5.02. The van der Waals surface area contributed by atoms with Gasteiger partial charge < -0.3 is 19.4 Å². The summed E-state index contributed by atoms with van der Waals surface area (Å²) in [7, 11) is 8.39. The zero-order valence-corrected chi connectivity index (χ0v) is 26.5. The van der Waals surface area contributed by atoms with Crippen LogP contribution in [0.4, 0.5) is 11.4 Å².